The molecule has 1 aromatic carbocycles. The summed E-state index contributed by atoms with van der Waals surface area (Å²) in [5.74, 6) is 1.29. The van der Waals surface area contributed by atoms with Crippen molar-refractivity contribution in [3.63, 3.8) is 0 Å². The summed E-state index contributed by atoms with van der Waals surface area (Å²) in [4.78, 5) is 26.0. The predicted octanol–water partition coefficient (Wildman–Crippen LogP) is 1.83. The van der Waals surface area contributed by atoms with Gasteiger partial charge in [0.2, 0.25) is 0 Å². The SMILES string of the molecule is CN=C(NCCCN1CCN(c2ccccc2)CC1)N1CCN(C(=O)c2ccco2)CC1. The number of hydrogen-bond acceptors (Lipinski definition) is 5. The summed E-state index contributed by atoms with van der Waals surface area (Å²) < 4.78 is 5.24. The standard InChI is InChI=1S/C24H34N6O2/c1-25-24(30-18-16-29(17-19-30)23(31)22-9-5-20-32-22)26-10-6-11-27-12-14-28(15-13-27)21-7-3-2-4-8-21/h2-5,7-9,20H,6,10-19H2,1H3,(H,25,26). The molecule has 2 saturated heterocycles. The molecule has 172 valence electrons. The zero-order valence-electron chi connectivity index (χ0n) is 18.9. The molecule has 4 rings (SSSR count). The lowest BCUT2D eigenvalue weighted by molar-refractivity contribution is 0.0657. The highest BCUT2D eigenvalue weighted by Gasteiger charge is 2.25. The van der Waals surface area contributed by atoms with Gasteiger partial charge in [-0.2, -0.15) is 0 Å². The van der Waals surface area contributed by atoms with Crippen LogP contribution in [-0.2, 0) is 0 Å². The Hall–Kier alpha value is -3.00. The second-order valence-corrected chi connectivity index (χ2v) is 8.25. The van der Waals surface area contributed by atoms with E-state index in [1.807, 2.05) is 11.9 Å². The second kappa shape index (κ2) is 11.0. The number of carbonyl (C=O) groups is 1. The Morgan fingerprint density at radius 3 is 2.31 bits per heavy atom. The molecule has 0 atom stereocenters. The first-order valence-corrected chi connectivity index (χ1v) is 11.6. The minimum Gasteiger partial charge on any atom is -0.459 e. The number of rotatable bonds is 6. The van der Waals surface area contributed by atoms with Crippen LogP contribution in [-0.4, -0.2) is 99.1 Å². The van der Waals surface area contributed by atoms with Gasteiger partial charge in [0.05, 0.1) is 6.26 Å². The van der Waals surface area contributed by atoms with Crippen LogP contribution >= 0.6 is 0 Å². The van der Waals surface area contributed by atoms with E-state index in [0.29, 0.717) is 18.8 Å². The van der Waals surface area contributed by atoms with Gasteiger partial charge in [-0.15, -0.1) is 0 Å². The maximum atomic E-state index is 12.4. The first kappa shape index (κ1) is 22.2. The number of anilines is 1. The number of guanidine groups is 1. The molecule has 1 aromatic heterocycles. The summed E-state index contributed by atoms with van der Waals surface area (Å²) in [6.45, 7) is 9.26. The number of amides is 1. The molecule has 0 aliphatic carbocycles. The number of para-hydroxylation sites is 1. The van der Waals surface area contributed by atoms with Crippen LogP contribution in [0.25, 0.3) is 0 Å². The van der Waals surface area contributed by atoms with Crippen molar-refractivity contribution in [3.05, 3.63) is 54.5 Å². The molecule has 2 fully saturated rings. The lowest BCUT2D eigenvalue weighted by atomic mass is 10.2. The molecule has 8 heteroatoms. The van der Waals surface area contributed by atoms with Gasteiger partial charge in [-0.1, -0.05) is 18.2 Å². The number of aliphatic imine (C=N–C) groups is 1. The van der Waals surface area contributed by atoms with Crippen molar-refractivity contribution in [1.29, 1.82) is 0 Å². The van der Waals surface area contributed by atoms with E-state index >= 15 is 0 Å². The fourth-order valence-electron chi connectivity index (χ4n) is 4.38. The molecular weight excluding hydrogens is 404 g/mol. The Balaban J connectivity index is 1.13. The molecule has 2 aromatic rings. The number of benzene rings is 1. The average Bonchev–Trinajstić information content (AvgIpc) is 3.40. The van der Waals surface area contributed by atoms with Crippen LogP contribution in [0.4, 0.5) is 5.69 Å². The molecule has 0 spiro atoms. The van der Waals surface area contributed by atoms with E-state index < -0.39 is 0 Å². The summed E-state index contributed by atoms with van der Waals surface area (Å²) in [5, 5.41) is 3.50. The predicted molar refractivity (Wildman–Crippen MR) is 127 cm³/mol. The molecule has 1 amide bonds. The summed E-state index contributed by atoms with van der Waals surface area (Å²) >= 11 is 0. The molecule has 2 aliphatic rings. The van der Waals surface area contributed by atoms with E-state index in [0.717, 1.165) is 64.7 Å². The van der Waals surface area contributed by atoms with Gasteiger partial charge in [0.25, 0.3) is 5.91 Å². The third kappa shape index (κ3) is 5.62. The minimum atomic E-state index is -0.0371. The van der Waals surface area contributed by atoms with E-state index in [4.69, 9.17) is 4.42 Å². The van der Waals surface area contributed by atoms with Gasteiger partial charge in [0, 0.05) is 71.6 Å². The maximum absolute atomic E-state index is 12.4. The zero-order chi connectivity index (χ0) is 22.2. The molecule has 1 N–H and O–H groups in total. The molecule has 0 radical (unpaired) electrons. The van der Waals surface area contributed by atoms with E-state index in [9.17, 15) is 4.79 Å². The number of nitrogens with zero attached hydrogens (tertiary/aromatic N) is 5. The van der Waals surface area contributed by atoms with E-state index in [2.05, 4.69) is 55.3 Å². The second-order valence-electron chi connectivity index (χ2n) is 8.25. The van der Waals surface area contributed by atoms with Gasteiger partial charge in [-0.25, -0.2) is 0 Å². The summed E-state index contributed by atoms with van der Waals surface area (Å²) in [6.07, 6.45) is 2.62. The van der Waals surface area contributed by atoms with Crippen molar-refractivity contribution in [1.82, 2.24) is 20.0 Å². The highest BCUT2D eigenvalue weighted by molar-refractivity contribution is 5.91. The van der Waals surface area contributed by atoms with Gasteiger partial charge in [0.1, 0.15) is 0 Å². The van der Waals surface area contributed by atoms with Crippen molar-refractivity contribution >= 4 is 17.6 Å². The Bertz CT molecular complexity index is 854. The molecule has 3 heterocycles. The molecule has 32 heavy (non-hydrogen) atoms. The Morgan fingerprint density at radius 2 is 1.66 bits per heavy atom. The Kier molecular flexibility index (Phi) is 7.66. The highest BCUT2D eigenvalue weighted by Crippen LogP contribution is 2.15. The topological polar surface area (TPSA) is 67.6 Å². The first-order valence-electron chi connectivity index (χ1n) is 11.6. The summed E-state index contributed by atoms with van der Waals surface area (Å²) in [7, 11) is 1.82. The number of hydrogen-bond donors (Lipinski definition) is 1. The highest BCUT2D eigenvalue weighted by atomic mass is 16.3. The molecule has 0 unspecified atom stereocenters. The van der Waals surface area contributed by atoms with Crippen molar-refractivity contribution in [3.8, 4) is 0 Å². The number of piperazine rings is 2. The van der Waals surface area contributed by atoms with Gasteiger partial charge >= 0.3 is 0 Å². The van der Waals surface area contributed by atoms with Gasteiger partial charge in [-0.05, 0) is 37.2 Å². The molecule has 8 nitrogen and oxygen atoms in total. The van der Waals surface area contributed by atoms with Crippen molar-refractivity contribution < 1.29 is 9.21 Å². The largest absolute Gasteiger partial charge is 0.459 e. The average molecular weight is 439 g/mol. The molecule has 0 saturated carbocycles. The Morgan fingerprint density at radius 1 is 0.938 bits per heavy atom. The van der Waals surface area contributed by atoms with Crippen LogP contribution in [0.2, 0.25) is 0 Å². The van der Waals surface area contributed by atoms with Crippen LogP contribution in [0.3, 0.4) is 0 Å². The third-order valence-corrected chi connectivity index (χ3v) is 6.24. The molecule has 0 bridgehead atoms. The number of nitrogens with one attached hydrogen (secondary N) is 1. The van der Waals surface area contributed by atoms with Crippen LogP contribution in [0.15, 0.2) is 58.1 Å². The fourth-order valence-corrected chi connectivity index (χ4v) is 4.38. The van der Waals surface area contributed by atoms with Crippen molar-refractivity contribution in [2.45, 2.75) is 6.42 Å². The van der Waals surface area contributed by atoms with Crippen molar-refractivity contribution in [2.75, 3.05) is 77.4 Å². The van der Waals surface area contributed by atoms with Crippen LogP contribution in [0.1, 0.15) is 17.0 Å². The van der Waals surface area contributed by atoms with Gasteiger partial charge in [-0.3, -0.25) is 14.7 Å². The smallest absolute Gasteiger partial charge is 0.289 e. The number of furan rings is 1. The van der Waals surface area contributed by atoms with Gasteiger partial charge in [0.15, 0.2) is 11.7 Å². The molecular formula is C24H34N6O2. The van der Waals surface area contributed by atoms with E-state index in [1.54, 1.807) is 18.4 Å². The third-order valence-electron chi connectivity index (χ3n) is 6.24. The lowest BCUT2D eigenvalue weighted by Crippen LogP contribution is -2.54. The quantitative estimate of drug-likeness (QED) is 0.422. The number of carbonyl (C=O) groups excluding carboxylic acids is 1. The Labute approximate surface area is 190 Å². The minimum absolute atomic E-state index is 0.0371. The summed E-state index contributed by atoms with van der Waals surface area (Å²) in [5.41, 5.74) is 1.32. The van der Waals surface area contributed by atoms with Crippen molar-refractivity contribution in [2.24, 2.45) is 4.99 Å². The zero-order valence-corrected chi connectivity index (χ0v) is 18.9. The van der Waals surface area contributed by atoms with Crippen LogP contribution < -0.4 is 10.2 Å². The van der Waals surface area contributed by atoms with Crippen LogP contribution in [0, 0.1) is 0 Å². The normalized spacial score (nSPS) is 18.2. The van der Waals surface area contributed by atoms with E-state index in [-0.39, 0.29) is 5.91 Å². The van der Waals surface area contributed by atoms with Gasteiger partial charge < -0.3 is 24.4 Å². The summed E-state index contributed by atoms with van der Waals surface area (Å²) in [6, 6.07) is 14.1. The maximum Gasteiger partial charge on any atom is 0.289 e. The monoisotopic (exact) mass is 438 g/mol. The fraction of sp³-hybridized carbons (Fsp3) is 0.500. The first-order chi connectivity index (χ1) is 15.7. The van der Waals surface area contributed by atoms with Crippen LogP contribution in [0.5, 0.6) is 0 Å². The lowest BCUT2D eigenvalue weighted by Gasteiger charge is -2.37. The molecule has 2 aliphatic heterocycles. The van der Waals surface area contributed by atoms with E-state index in [1.165, 1.54) is 5.69 Å².